The fraction of sp³-hybridized carbons (Fsp3) is 0.467. The van der Waals surface area contributed by atoms with E-state index in [1.54, 1.807) is 18.4 Å². The van der Waals surface area contributed by atoms with Crippen molar-refractivity contribution >= 4 is 11.3 Å². The lowest BCUT2D eigenvalue weighted by atomic mass is 10.1. The maximum Gasteiger partial charge on any atom is 0.212 e. The van der Waals surface area contributed by atoms with Gasteiger partial charge in [-0.2, -0.15) is 0 Å². The van der Waals surface area contributed by atoms with Gasteiger partial charge in [0, 0.05) is 30.1 Å². The summed E-state index contributed by atoms with van der Waals surface area (Å²) in [5, 5.41) is 1.10. The van der Waals surface area contributed by atoms with Crippen molar-refractivity contribution in [3.8, 4) is 5.88 Å². The van der Waals surface area contributed by atoms with E-state index in [0.29, 0.717) is 18.3 Å². The Morgan fingerprint density at radius 3 is 2.70 bits per heavy atom. The molecule has 0 aromatic carbocycles. The molecule has 0 aliphatic rings. The molecule has 20 heavy (non-hydrogen) atoms. The topological polar surface area (TPSA) is 61.0 Å². The van der Waals surface area contributed by atoms with Crippen molar-refractivity contribution in [2.45, 2.75) is 33.2 Å². The Bertz CT molecular complexity index is 549. The van der Waals surface area contributed by atoms with Gasteiger partial charge < -0.3 is 10.5 Å². The van der Waals surface area contributed by atoms with Gasteiger partial charge in [0.25, 0.3) is 0 Å². The van der Waals surface area contributed by atoms with Crippen LogP contribution in [0.15, 0.2) is 18.3 Å². The number of nitrogens with two attached hydrogens (primary N) is 1. The first-order chi connectivity index (χ1) is 9.62. The molecule has 2 rings (SSSR count). The third-order valence-corrected chi connectivity index (χ3v) is 4.09. The highest BCUT2D eigenvalue weighted by Crippen LogP contribution is 2.23. The molecule has 0 fully saturated rings. The average Bonchev–Trinajstić information content (AvgIpc) is 2.80. The van der Waals surface area contributed by atoms with Crippen LogP contribution in [0, 0.1) is 5.92 Å². The van der Waals surface area contributed by atoms with E-state index in [0.717, 1.165) is 29.1 Å². The van der Waals surface area contributed by atoms with Gasteiger partial charge in [0.1, 0.15) is 0 Å². The lowest BCUT2D eigenvalue weighted by molar-refractivity contribution is 0.397. The van der Waals surface area contributed by atoms with E-state index in [1.807, 2.05) is 18.3 Å². The highest BCUT2D eigenvalue weighted by Gasteiger charge is 2.12. The minimum absolute atomic E-state index is 0.570. The number of ether oxygens (including phenoxy) is 1. The fourth-order valence-corrected chi connectivity index (χ4v) is 3.04. The quantitative estimate of drug-likeness (QED) is 0.889. The minimum Gasteiger partial charge on any atom is -0.481 e. The monoisotopic (exact) mass is 291 g/mol. The first kappa shape index (κ1) is 14.9. The second-order valence-corrected chi connectivity index (χ2v) is 6.33. The number of rotatable bonds is 6. The van der Waals surface area contributed by atoms with E-state index in [4.69, 9.17) is 15.5 Å². The van der Waals surface area contributed by atoms with Crippen molar-refractivity contribution in [3.05, 3.63) is 39.5 Å². The molecule has 2 N–H and O–H groups in total. The molecule has 2 aromatic rings. The third kappa shape index (κ3) is 3.77. The van der Waals surface area contributed by atoms with Crippen LogP contribution in [0.5, 0.6) is 5.88 Å². The van der Waals surface area contributed by atoms with Crippen molar-refractivity contribution in [1.82, 2.24) is 9.97 Å². The van der Waals surface area contributed by atoms with Gasteiger partial charge in [-0.05, 0) is 17.9 Å². The second kappa shape index (κ2) is 6.81. The van der Waals surface area contributed by atoms with Crippen LogP contribution in [0.25, 0.3) is 0 Å². The number of pyridine rings is 1. The maximum atomic E-state index is 5.81. The molecule has 0 unspecified atom stereocenters. The molecular weight excluding hydrogens is 270 g/mol. The summed E-state index contributed by atoms with van der Waals surface area (Å²) in [6.07, 6.45) is 3.63. The number of nitrogens with zero attached hydrogens (tertiary/aromatic N) is 2. The van der Waals surface area contributed by atoms with Crippen molar-refractivity contribution in [2.24, 2.45) is 11.7 Å². The van der Waals surface area contributed by atoms with Crippen LogP contribution >= 0.6 is 11.3 Å². The largest absolute Gasteiger partial charge is 0.481 e. The predicted molar refractivity (Wildman–Crippen MR) is 82.1 cm³/mol. The van der Waals surface area contributed by atoms with E-state index in [9.17, 15) is 0 Å². The maximum absolute atomic E-state index is 5.81. The number of aromatic nitrogens is 2. The van der Waals surface area contributed by atoms with Gasteiger partial charge in [-0.15, -0.1) is 11.3 Å². The van der Waals surface area contributed by atoms with Gasteiger partial charge >= 0.3 is 0 Å². The molecule has 0 amide bonds. The molecule has 0 aliphatic carbocycles. The van der Waals surface area contributed by atoms with Gasteiger partial charge in [0.2, 0.25) is 5.88 Å². The van der Waals surface area contributed by atoms with Crippen molar-refractivity contribution in [2.75, 3.05) is 7.11 Å². The van der Waals surface area contributed by atoms with E-state index in [2.05, 4.69) is 18.8 Å². The van der Waals surface area contributed by atoms with Gasteiger partial charge in [-0.25, -0.2) is 9.97 Å². The summed E-state index contributed by atoms with van der Waals surface area (Å²) < 4.78 is 5.06. The number of methoxy groups -OCH3 is 1. The molecule has 2 aromatic heterocycles. The van der Waals surface area contributed by atoms with Crippen LogP contribution in [-0.4, -0.2) is 17.1 Å². The van der Waals surface area contributed by atoms with Gasteiger partial charge in [0.15, 0.2) is 0 Å². The van der Waals surface area contributed by atoms with E-state index < -0.39 is 0 Å². The zero-order chi connectivity index (χ0) is 14.5. The summed E-state index contributed by atoms with van der Waals surface area (Å²) in [6.45, 7) is 4.97. The molecule has 0 aliphatic heterocycles. The minimum atomic E-state index is 0.570. The molecule has 108 valence electrons. The van der Waals surface area contributed by atoms with Gasteiger partial charge in [-0.3, -0.25) is 0 Å². The Balaban J connectivity index is 2.13. The summed E-state index contributed by atoms with van der Waals surface area (Å²) in [6, 6.07) is 3.90. The summed E-state index contributed by atoms with van der Waals surface area (Å²) >= 11 is 1.71. The Labute approximate surface area is 124 Å². The molecule has 0 atom stereocenters. The zero-order valence-electron chi connectivity index (χ0n) is 12.2. The van der Waals surface area contributed by atoms with Crippen molar-refractivity contribution < 1.29 is 4.74 Å². The normalized spacial score (nSPS) is 11.1. The van der Waals surface area contributed by atoms with Gasteiger partial charge in [-0.1, -0.05) is 19.9 Å². The first-order valence-corrected chi connectivity index (χ1v) is 7.60. The summed E-state index contributed by atoms with van der Waals surface area (Å²) in [5.74, 6) is 1.23. The molecular formula is C15H21N3OS. The molecule has 0 saturated heterocycles. The summed E-state index contributed by atoms with van der Waals surface area (Å²) in [5.41, 5.74) is 8.11. The first-order valence-electron chi connectivity index (χ1n) is 6.78. The van der Waals surface area contributed by atoms with Gasteiger partial charge in [0.05, 0.1) is 17.8 Å². The Kier molecular flexibility index (Phi) is 5.09. The standard InChI is InChI=1S/C15H21N3OS/c1-10(2)6-12-13(8-16)20-15(18-12)7-11-4-5-14(19-3)17-9-11/h4-5,9-10H,6-8,16H2,1-3H3. The van der Waals surface area contributed by atoms with Crippen LogP contribution in [0.4, 0.5) is 0 Å². The molecule has 0 bridgehead atoms. The van der Waals surface area contributed by atoms with E-state index in [1.165, 1.54) is 4.88 Å². The SMILES string of the molecule is COc1ccc(Cc2nc(CC(C)C)c(CN)s2)cn1. The van der Waals surface area contributed by atoms with Crippen molar-refractivity contribution in [3.63, 3.8) is 0 Å². The lowest BCUT2D eigenvalue weighted by Crippen LogP contribution is -2.02. The lowest BCUT2D eigenvalue weighted by Gasteiger charge is -2.02. The molecule has 4 nitrogen and oxygen atoms in total. The third-order valence-electron chi connectivity index (χ3n) is 2.97. The fourth-order valence-electron chi connectivity index (χ4n) is 2.03. The van der Waals surface area contributed by atoms with Crippen LogP contribution in [0.1, 0.15) is 35.0 Å². The number of thiazole rings is 1. The smallest absolute Gasteiger partial charge is 0.212 e. The summed E-state index contributed by atoms with van der Waals surface area (Å²) in [7, 11) is 1.62. The highest BCUT2D eigenvalue weighted by atomic mass is 32.1. The van der Waals surface area contributed by atoms with Crippen LogP contribution in [0.3, 0.4) is 0 Å². The Morgan fingerprint density at radius 2 is 2.15 bits per heavy atom. The number of hydrogen-bond donors (Lipinski definition) is 1. The molecule has 5 heteroatoms. The van der Waals surface area contributed by atoms with Crippen LogP contribution in [-0.2, 0) is 19.4 Å². The molecule has 0 spiro atoms. The molecule has 0 radical (unpaired) electrons. The van der Waals surface area contributed by atoms with Crippen molar-refractivity contribution in [1.29, 1.82) is 0 Å². The van der Waals surface area contributed by atoms with Crippen LogP contribution in [0.2, 0.25) is 0 Å². The number of hydrogen-bond acceptors (Lipinski definition) is 5. The predicted octanol–water partition coefficient (Wildman–Crippen LogP) is 2.79. The van der Waals surface area contributed by atoms with Crippen LogP contribution < -0.4 is 10.5 Å². The molecule has 0 saturated carbocycles. The Hall–Kier alpha value is -1.46. The summed E-state index contributed by atoms with van der Waals surface area (Å²) in [4.78, 5) is 10.2. The average molecular weight is 291 g/mol. The second-order valence-electron chi connectivity index (χ2n) is 5.17. The zero-order valence-corrected chi connectivity index (χ0v) is 13.0. The van der Waals surface area contributed by atoms with E-state index in [-0.39, 0.29) is 0 Å². The highest BCUT2D eigenvalue weighted by molar-refractivity contribution is 7.11. The molecule has 2 heterocycles. The van der Waals surface area contributed by atoms with E-state index >= 15 is 0 Å². The Morgan fingerprint density at radius 1 is 1.35 bits per heavy atom.